The average Bonchev–Trinajstić information content (AvgIpc) is 2.40. The van der Waals surface area contributed by atoms with Crippen LogP contribution in [0.3, 0.4) is 0 Å². The molecule has 0 atom stereocenters. The molecule has 0 saturated carbocycles. The molecule has 1 amide bonds. The molecule has 0 aromatic heterocycles. The number of carbonyl (C=O) groups is 1. The van der Waals surface area contributed by atoms with Gasteiger partial charge < -0.3 is 4.90 Å². The number of hydrogen-bond donors (Lipinski definition) is 0. The van der Waals surface area contributed by atoms with Crippen LogP contribution in [0.1, 0.15) is 19.8 Å². The highest BCUT2D eigenvalue weighted by Crippen LogP contribution is 2.17. The molecule has 0 spiro atoms. The Balaban J connectivity index is 2.95. The van der Waals surface area contributed by atoms with Crippen molar-refractivity contribution in [3.8, 4) is 0 Å². The fraction of sp³-hybridized carbons (Fsp3) is 0.308. The van der Waals surface area contributed by atoms with E-state index in [-0.39, 0.29) is 11.6 Å². The Bertz CT molecular complexity index is 463. The molecule has 0 aliphatic carbocycles. The second-order valence-corrected chi connectivity index (χ2v) is 3.78. The fourth-order valence-electron chi connectivity index (χ4n) is 1.52. The van der Waals surface area contributed by atoms with Crippen LogP contribution in [0.4, 0.5) is 5.69 Å². The predicted molar refractivity (Wildman–Crippen MR) is 72.0 cm³/mol. The molecule has 0 fully saturated rings. The Morgan fingerprint density at radius 3 is 2.67 bits per heavy atom. The average molecular weight is 244 g/mol. The minimum atomic E-state index is -0.354. The second kappa shape index (κ2) is 7.14. The lowest BCUT2D eigenvalue weighted by Gasteiger charge is -2.22. The highest BCUT2D eigenvalue weighted by molar-refractivity contribution is 6.04. The van der Waals surface area contributed by atoms with Crippen LogP contribution >= 0.6 is 0 Å². The van der Waals surface area contributed by atoms with Crippen LogP contribution in [0, 0.1) is 0 Å². The van der Waals surface area contributed by atoms with E-state index in [4.69, 9.17) is 5.53 Å². The number of para-hydroxylation sites is 1. The molecule has 18 heavy (non-hydrogen) atoms. The van der Waals surface area contributed by atoms with Gasteiger partial charge in [-0.15, -0.1) is 0 Å². The summed E-state index contributed by atoms with van der Waals surface area (Å²) >= 11 is 0. The van der Waals surface area contributed by atoms with Gasteiger partial charge in [0.2, 0.25) is 0 Å². The first-order chi connectivity index (χ1) is 8.70. The van der Waals surface area contributed by atoms with Gasteiger partial charge in [-0.2, -0.15) is 0 Å². The van der Waals surface area contributed by atoms with Crippen molar-refractivity contribution in [3.05, 3.63) is 53.1 Å². The van der Waals surface area contributed by atoms with E-state index in [0.29, 0.717) is 6.54 Å². The monoisotopic (exact) mass is 244 g/mol. The van der Waals surface area contributed by atoms with Gasteiger partial charge in [0.1, 0.15) is 0 Å². The molecule has 0 aliphatic heterocycles. The maximum absolute atomic E-state index is 12.1. The Morgan fingerprint density at radius 1 is 1.44 bits per heavy atom. The van der Waals surface area contributed by atoms with E-state index >= 15 is 0 Å². The van der Waals surface area contributed by atoms with Crippen molar-refractivity contribution in [3.63, 3.8) is 0 Å². The summed E-state index contributed by atoms with van der Waals surface area (Å²) in [5.74, 6) is -0.354. The predicted octanol–water partition coefficient (Wildman–Crippen LogP) is 3.64. The molecule has 1 aromatic rings. The molecule has 0 radical (unpaired) electrons. The van der Waals surface area contributed by atoms with E-state index in [1.54, 1.807) is 4.90 Å². The molecule has 5 nitrogen and oxygen atoms in total. The van der Waals surface area contributed by atoms with Gasteiger partial charge in [-0.3, -0.25) is 4.79 Å². The Hall–Kier alpha value is -2.26. The van der Waals surface area contributed by atoms with E-state index < -0.39 is 0 Å². The maximum Gasteiger partial charge on any atom is 0.260 e. The third kappa shape index (κ3) is 3.64. The number of hydrogen-bond acceptors (Lipinski definition) is 2. The summed E-state index contributed by atoms with van der Waals surface area (Å²) in [6.45, 7) is 6.12. The highest BCUT2D eigenvalue weighted by Gasteiger charge is 2.16. The van der Waals surface area contributed by atoms with Gasteiger partial charge in [-0.25, -0.2) is 0 Å². The van der Waals surface area contributed by atoms with Crippen LogP contribution in [0.25, 0.3) is 10.4 Å². The molecular formula is C13H16N4O. The number of carbonyl (C=O) groups excluding carboxylic acids is 1. The molecule has 0 heterocycles. The van der Waals surface area contributed by atoms with Gasteiger partial charge in [0.25, 0.3) is 5.91 Å². The maximum atomic E-state index is 12.1. The third-order valence-electron chi connectivity index (χ3n) is 2.46. The number of unbranched alkanes of at least 4 members (excludes halogenated alkanes) is 1. The molecule has 0 unspecified atom stereocenters. The molecule has 0 saturated heterocycles. The SMILES string of the molecule is C=C(N=[N+]=[N-])C(=O)N(CCCC)c1ccccc1. The van der Waals surface area contributed by atoms with Crippen molar-refractivity contribution in [2.24, 2.45) is 5.11 Å². The summed E-state index contributed by atoms with van der Waals surface area (Å²) in [6, 6.07) is 9.29. The van der Waals surface area contributed by atoms with E-state index in [9.17, 15) is 4.79 Å². The standard InChI is InChI=1S/C13H16N4O/c1-3-4-10-17(12-8-6-5-7-9-12)13(18)11(2)15-16-14/h5-9H,2-4,10H2,1H3. The van der Waals surface area contributed by atoms with Crippen molar-refractivity contribution in [2.75, 3.05) is 11.4 Å². The van der Waals surface area contributed by atoms with Gasteiger partial charge >= 0.3 is 0 Å². The largest absolute Gasteiger partial charge is 0.309 e. The van der Waals surface area contributed by atoms with Crippen LogP contribution in [0.5, 0.6) is 0 Å². The first kappa shape index (κ1) is 13.8. The first-order valence-corrected chi connectivity index (χ1v) is 5.81. The van der Waals surface area contributed by atoms with Gasteiger partial charge in [0.15, 0.2) is 0 Å². The number of rotatable bonds is 6. The summed E-state index contributed by atoms with van der Waals surface area (Å²) in [5.41, 5.74) is 9.04. The van der Waals surface area contributed by atoms with Crippen molar-refractivity contribution in [1.29, 1.82) is 0 Å². The van der Waals surface area contributed by atoms with E-state index in [1.807, 2.05) is 30.3 Å². The Kier molecular flexibility index (Phi) is 5.48. The van der Waals surface area contributed by atoms with E-state index in [0.717, 1.165) is 18.5 Å². The lowest BCUT2D eigenvalue weighted by atomic mass is 10.2. The third-order valence-corrected chi connectivity index (χ3v) is 2.46. The Labute approximate surface area is 106 Å². The lowest BCUT2D eigenvalue weighted by Crippen LogP contribution is -2.32. The Morgan fingerprint density at radius 2 is 2.11 bits per heavy atom. The summed E-state index contributed by atoms with van der Waals surface area (Å²) in [4.78, 5) is 16.3. The zero-order valence-electron chi connectivity index (χ0n) is 10.4. The summed E-state index contributed by atoms with van der Waals surface area (Å²) in [5, 5.41) is 3.27. The van der Waals surface area contributed by atoms with Gasteiger partial charge in [0.05, 0.1) is 5.70 Å². The number of nitrogens with zero attached hydrogens (tertiary/aromatic N) is 4. The molecule has 94 valence electrons. The van der Waals surface area contributed by atoms with Crippen LogP contribution in [0.2, 0.25) is 0 Å². The van der Waals surface area contributed by atoms with Crippen LogP contribution in [0.15, 0.2) is 47.7 Å². The molecule has 1 rings (SSSR count). The van der Waals surface area contributed by atoms with Crippen LogP contribution < -0.4 is 4.90 Å². The first-order valence-electron chi connectivity index (χ1n) is 5.81. The topological polar surface area (TPSA) is 69.1 Å². The van der Waals surface area contributed by atoms with Crippen molar-refractivity contribution in [2.45, 2.75) is 19.8 Å². The second-order valence-electron chi connectivity index (χ2n) is 3.78. The summed E-state index contributed by atoms with van der Waals surface area (Å²) in [7, 11) is 0. The number of azide groups is 1. The minimum absolute atomic E-state index is 0.0857. The van der Waals surface area contributed by atoms with Gasteiger partial charge in [-0.1, -0.05) is 43.2 Å². The van der Waals surface area contributed by atoms with Crippen molar-refractivity contribution < 1.29 is 4.79 Å². The normalized spacial score (nSPS) is 9.39. The fourth-order valence-corrected chi connectivity index (χ4v) is 1.52. The van der Waals surface area contributed by atoms with Crippen LogP contribution in [-0.4, -0.2) is 12.5 Å². The van der Waals surface area contributed by atoms with Gasteiger partial charge in [0, 0.05) is 17.1 Å². The summed E-state index contributed by atoms with van der Waals surface area (Å²) in [6.07, 6.45) is 1.86. The highest BCUT2D eigenvalue weighted by atomic mass is 16.2. The zero-order valence-corrected chi connectivity index (χ0v) is 10.4. The number of benzene rings is 1. The molecule has 0 N–H and O–H groups in total. The quantitative estimate of drug-likeness (QED) is 0.326. The molecule has 1 aromatic carbocycles. The van der Waals surface area contributed by atoms with E-state index in [1.165, 1.54) is 0 Å². The molecule has 5 heteroatoms. The van der Waals surface area contributed by atoms with Crippen molar-refractivity contribution >= 4 is 11.6 Å². The van der Waals surface area contributed by atoms with E-state index in [2.05, 4.69) is 23.5 Å². The zero-order chi connectivity index (χ0) is 13.4. The van der Waals surface area contributed by atoms with Gasteiger partial charge in [-0.05, 0) is 24.1 Å². The molecular weight excluding hydrogens is 228 g/mol. The smallest absolute Gasteiger partial charge is 0.260 e. The molecule has 0 bridgehead atoms. The lowest BCUT2D eigenvalue weighted by molar-refractivity contribution is -0.115. The minimum Gasteiger partial charge on any atom is -0.309 e. The molecule has 0 aliphatic rings. The number of amides is 1. The number of anilines is 1. The van der Waals surface area contributed by atoms with Crippen LogP contribution in [-0.2, 0) is 4.79 Å². The van der Waals surface area contributed by atoms with Crippen molar-refractivity contribution in [1.82, 2.24) is 0 Å². The summed E-state index contributed by atoms with van der Waals surface area (Å²) < 4.78 is 0.